The van der Waals surface area contributed by atoms with Gasteiger partial charge in [-0.1, -0.05) is 0 Å². The second-order valence-electron chi connectivity index (χ2n) is 4.65. The highest BCUT2D eigenvalue weighted by atomic mass is 16.5. The number of methoxy groups -OCH3 is 1. The Morgan fingerprint density at radius 2 is 2.16 bits per heavy atom. The summed E-state index contributed by atoms with van der Waals surface area (Å²) in [5.41, 5.74) is 1.82. The normalized spacial score (nSPS) is 15.6. The van der Waals surface area contributed by atoms with Gasteiger partial charge in [-0.3, -0.25) is 9.59 Å². The monoisotopic (exact) mass is 263 g/mol. The summed E-state index contributed by atoms with van der Waals surface area (Å²) in [5, 5.41) is 8.95. The van der Waals surface area contributed by atoms with Crippen LogP contribution in [0.15, 0.2) is 18.2 Å². The molecule has 1 amide bonds. The zero-order valence-electron chi connectivity index (χ0n) is 11.0. The van der Waals surface area contributed by atoms with E-state index in [1.165, 1.54) is 6.92 Å². The van der Waals surface area contributed by atoms with Crippen molar-refractivity contribution in [3.05, 3.63) is 23.8 Å². The summed E-state index contributed by atoms with van der Waals surface area (Å²) < 4.78 is 5.16. The van der Waals surface area contributed by atoms with Crippen molar-refractivity contribution >= 4 is 17.6 Å². The molecule has 19 heavy (non-hydrogen) atoms. The fraction of sp³-hybridized carbons (Fsp3) is 0.429. The Labute approximate surface area is 111 Å². The quantitative estimate of drug-likeness (QED) is 0.843. The van der Waals surface area contributed by atoms with E-state index in [4.69, 9.17) is 9.84 Å². The van der Waals surface area contributed by atoms with Crippen LogP contribution >= 0.6 is 0 Å². The lowest BCUT2D eigenvalue weighted by Gasteiger charge is -2.30. The van der Waals surface area contributed by atoms with Gasteiger partial charge < -0.3 is 14.7 Å². The Bertz CT molecular complexity index is 512. The van der Waals surface area contributed by atoms with Crippen LogP contribution in [0.5, 0.6) is 5.75 Å². The number of aryl methyl sites for hydroxylation is 1. The molecule has 102 valence electrons. The van der Waals surface area contributed by atoms with Crippen molar-refractivity contribution in [1.29, 1.82) is 0 Å². The van der Waals surface area contributed by atoms with Crippen molar-refractivity contribution in [1.82, 2.24) is 0 Å². The number of nitrogens with zero attached hydrogens (tertiary/aromatic N) is 1. The average Bonchev–Trinajstić information content (AvgIpc) is 2.44. The predicted octanol–water partition coefficient (Wildman–Crippen LogP) is 1.70. The molecule has 0 saturated heterocycles. The summed E-state index contributed by atoms with van der Waals surface area (Å²) in [6, 6.07) is 5.51. The number of hydrogen-bond donors (Lipinski definition) is 1. The second kappa shape index (κ2) is 5.30. The summed E-state index contributed by atoms with van der Waals surface area (Å²) in [4.78, 5) is 24.7. The lowest BCUT2D eigenvalue weighted by molar-refractivity contribution is -0.145. The number of rotatable bonds is 3. The summed E-state index contributed by atoms with van der Waals surface area (Å²) in [7, 11) is 1.60. The highest BCUT2D eigenvalue weighted by Gasteiger charge is 2.30. The van der Waals surface area contributed by atoms with Crippen molar-refractivity contribution in [2.45, 2.75) is 19.8 Å². The van der Waals surface area contributed by atoms with Crippen molar-refractivity contribution in [2.24, 2.45) is 5.92 Å². The molecule has 0 fully saturated rings. The Balaban J connectivity index is 2.32. The van der Waals surface area contributed by atoms with E-state index in [-0.39, 0.29) is 5.91 Å². The number of hydrogen-bond acceptors (Lipinski definition) is 3. The molecule has 1 unspecified atom stereocenters. The molecule has 0 spiro atoms. The number of aliphatic carboxylic acids is 1. The smallest absolute Gasteiger partial charge is 0.315 e. The van der Waals surface area contributed by atoms with E-state index in [0.717, 1.165) is 29.8 Å². The summed E-state index contributed by atoms with van der Waals surface area (Å²) in [5.74, 6) is -1.73. The van der Waals surface area contributed by atoms with Gasteiger partial charge in [0, 0.05) is 12.2 Å². The number of benzene rings is 1. The van der Waals surface area contributed by atoms with Crippen LogP contribution in [0, 0.1) is 5.92 Å². The van der Waals surface area contributed by atoms with E-state index >= 15 is 0 Å². The van der Waals surface area contributed by atoms with Gasteiger partial charge in [0.1, 0.15) is 11.7 Å². The fourth-order valence-electron chi connectivity index (χ4n) is 2.27. The van der Waals surface area contributed by atoms with Gasteiger partial charge in [0.25, 0.3) is 0 Å². The predicted molar refractivity (Wildman–Crippen MR) is 70.5 cm³/mol. The van der Waals surface area contributed by atoms with Gasteiger partial charge >= 0.3 is 5.97 Å². The molecule has 0 bridgehead atoms. The van der Waals surface area contributed by atoms with Crippen LogP contribution in [0.2, 0.25) is 0 Å². The third kappa shape index (κ3) is 2.54. The maximum absolute atomic E-state index is 12.2. The first kappa shape index (κ1) is 13.4. The Morgan fingerprint density at radius 3 is 2.79 bits per heavy atom. The Hall–Kier alpha value is -2.04. The number of fused-ring (bicyclic) bond motifs is 1. The third-order valence-corrected chi connectivity index (χ3v) is 3.41. The standard InChI is InChI=1S/C14H17NO4/c1-9(14(17)18)13(16)15-7-3-4-10-8-11(19-2)5-6-12(10)15/h5-6,8-9H,3-4,7H2,1-2H3,(H,17,18). The molecule has 5 nitrogen and oxygen atoms in total. The minimum Gasteiger partial charge on any atom is -0.497 e. The van der Waals surface area contributed by atoms with Crippen molar-refractivity contribution in [3.63, 3.8) is 0 Å². The molecule has 0 aliphatic carbocycles. The van der Waals surface area contributed by atoms with Crippen LogP contribution in [0.3, 0.4) is 0 Å². The van der Waals surface area contributed by atoms with Gasteiger partial charge in [-0.25, -0.2) is 0 Å². The number of anilines is 1. The molecule has 0 saturated carbocycles. The summed E-state index contributed by atoms with van der Waals surface area (Å²) in [6.07, 6.45) is 1.70. The van der Waals surface area contributed by atoms with E-state index < -0.39 is 11.9 Å². The van der Waals surface area contributed by atoms with Crippen LogP contribution in [0.25, 0.3) is 0 Å². The van der Waals surface area contributed by atoms with E-state index in [1.54, 1.807) is 18.1 Å². The molecule has 5 heteroatoms. The highest BCUT2D eigenvalue weighted by Crippen LogP contribution is 2.31. The van der Waals surface area contributed by atoms with Gasteiger partial charge in [0.15, 0.2) is 0 Å². The van der Waals surface area contributed by atoms with E-state index in [0.29, 0.717) is 6.54 Å². The van der Waals surface area contributed by atoms with Gasteiger partial charge in [-0.2, -0.15) is 0 Å². The molecule has 0 aromatic heterocycles. The maximum atomic E-state index is 12.2. The molecule has 1 aliphatic heterocycles. The molecular formula is C14H17NO4. The Morgan fingerprint density at radius 1 is 1.42 bits per heavy atom. The average molecular weight is 263 g/mol. The molecule has 1 aromatic carbocycles. The molecule has 1 N–H and O–H groups in total. The molecular weight excluding hydrogens is 246 g/mol. The topological polar surface area (TPSA) is 66.8 Å². The zero-order chi connectivity index (χ0) is 14.0. The van der Waals surface area contributed by atoms with Gasteiger partial charge in [-0.05, 0) is 43.5 Å². The lowest BCUT2D eigenvalue weighted by atomic mass is 9.99. The van der Waals surface area contributed by atoms with Crippen molar-refractivity contribution < 1.29 is 19.4 Å². The molecule has 1 aromatic rings. The minimum absolute atomic E-state index is 0.362. The molecule has 2 rings (SSSR count). The highest BCUT2D eigenvalue weighted by molar-refractivity contribution is 6.05. The number of carboxylic acids is 1. The number of carbonyl (C=O) groups is 2. The largest absolute Gasteiger partial charge is 0.497 e. The first-order valence-electron chi connectivity index (χ1n) is 6.25. The van der Waals surface area contributed by atoms with Crippen LogP contribution < -0.4 is 9.64 Å². The van der Waals surface area contributed by atoms with Crippen molar-refractivity contribution in [2.75, 3.05) is 18.6 Å². The number of ether oxygens (including phenoxy) is 1. The van der Waals surface area contributed by atoms with E-state index in [2.05, 4.69) is 0 Å². The van der Waals surface area contributed by atoms with E-state index in [9.17, 15) is 9.59 Å². The summed E-state index contributed by atoms with van der Waals surface area (Å²) in [6.45, 7) is 1.98. The first-order valence-corrected chi connectivity index (χ1v) is 6.25. The molecule has 1 aliphatic rings. The maximum Gasteiger partial charge on any atom is 0.315 e. The van der Waals surface area contributed by atoms with E-state index in [1.807, 2.05) is 12.1 Å². The minimum atomic E-state index is -1.09. The summed E-state index contributed by atoms with van der Waals surface area (Å²) >= 11 is 0. The lowest BCUT2D eigenvalue weighted by Crippen LogP contribution is -2.41. The van der Waals surface area contributed by atoms with Gasteiger partial charge in [0.05, 0.1) is 7.11 Å². The first-order chi connectivity index (χ1) is 9.04. The molecule has 1 atom stereocenters. The van der Waals surface area contributed by atoms with Crippen LogP contribution in [-0.4, -0.2) is 30.6 Å². The molecule has 1 heterocycles. The second-order valence-corrected chi connectivity index (χ2v) is 4.65. The number of amides is 1. The number of carbonyl (C=O) groups excluding carboxylic acids is 1. The number of carboxylic acid groups (broad SMARTS) is 1. The van der Waals surface area contributed by atoms with Crippen molar-refractivity contribution in [3.8, 4) is 5.75 Å². The van der Waals surface area contributed by atoms with Crippen LogP contribution in [0.1, 0.15) is 18.9 Å². The van der Waals surface area contributed by atoms with Gasteiger partial charge in [0.2, 0.25) is 5.91 Å². The van der Waals surface area contributed by atoms with Crippen LogP contribution in [0.4, 0.5) is 5.69 Å². The van der Waals surface area contributed by atoms with Gasteiger partial charge in [-0.15, -0.1) is 0 Å². The SMILES string of the molecule is COc1ccc2c(c1)CCCN2C(=O)C(C)C(=O)O. The zero-order valence-corrected chi connectivity index (χ0v) is 11.0. The third-order valence-electron chi connectivity index (χ3n) is 3.41. The Kier molecular flexibility index (Phi) is 3.74. The van der Waals surface area contributed by atoms with Crippen LogP contribution in [-0.2, 0) is 16.0 Å². The fourth-order valence-corrected chi connectivity index (χ4v) is 2.27. The molecule has 0 radical (unpaired) electrons.